The quantitative estimate of drug-likeness (QED) is 0.320. The second-order valence-electron chi connectivity index (χ2n) is 4.31. The van der Waals surface area contributed by atoms with Crippen LogP contribution in [-0.2, 0) is 19.6 Å². The lowest BCUT2D eigenvalue weighted by molar-refractivity contribution is -0.137. The number of rotatable bonds is 7. The van der Waals surface area contributed by atoms with E-state index in [1.165, 1.54) is 0 Å². The average molecular weight is 365 g/mol. The number of carbonyl (C=O) groups excluding carboxylic acids is 1. The Kier molecular flexibility index (Phi) is 6.52. The van der Waals surface area contributed by atoms with Crippen LogP contribution in [0.5, 0.6) is 5.75 Å². The molecule has 1 rings (SSSR count). The maximum Gasteiger partial charge on any atom is 0.433 e. The van der Waals surface area contributed by atoms with Gasteiger partial charge in [-0.3, -0.25) is 4.99 Å². The van der Waals surface area contributed by atoms with Gasteiger partial charge in [0.05, 0.1) is 0 Å². The molecule has 0 amide bonds. The number of nitrogens with zero attached hydrogens (tertiary/aromatic N) is 1. The number of halogens is 3. The third-order valence-corrected chi connectivity index (χ3v) is 3.70. The standard InChI is InChI=1S/C14H14F3NO5S/c1-3-12(19)22-8-9-24(20,21)23-11-6-4-10(5-7-11)13(18-2)14(15,16)17/h3-7H,1,8-9H2,2H3/b18-13-. The molecule has 0 aliphatic heterocycles. The molecule has 0 bridgehead atoms. The number of hydrogen-bond donors (Lipinski definition) is 0. The Bertz CT molecular complexity index is 724. The van der Waals surface area contributed by atoms with E-state index in [2.05, 4.69) is 16.3 Å². The third-order valence-electron chi connectivity index (χ3n) is 2.59. The van der Waals surface area contributed by atoms with E-state index in [0.29, 0.717) is 0 Å². The molecule has 132 valence electrons. The second kappa shape index (κ2) is 7.95. The van der Waals surface area contributed by atoms with Gasteiger partial charge in [-0.1, -0.05) is 6.58 Å². The van der Waals surface area contributed by atoms with Gasteiger partial charge in [0.25, 0.3) is 0 Å². The fourth-order valence-corrected chi connectivity index (χ4v) is 2.35. The van der Waals surface area contributed by atoms with Crippen LogP contribution in [0.25, 0.3) is 0 Å². The molecule has 24 heavy (non-hydrogen) atoms. The smallest absolute Gasteiger partial charge is 0.433 e. The van der Waals surface area contributed by atoms with E-state index in [1.807, 2.05) is 0 Å². The lowest BCUT2D eigenvalue weighted by Gasteiger charge is -2.11. The fraction of sp³-hybridized carbons (Fsp3) is 0.286. The first-order valence-electron chi connectivity index (χ1n) is 6.45. The molecule has 0 heterocycles. The highest BCUT2D eigenvalue weighted by molar-refractivity contribution is 7.87. The van der Waals surface area contributed by atoms with Crippen molar-refractivity contribution in [1.82, 2.24) is 0 Å². The number of aliphatic imine (C=N–C) groups is 1. The van der Waals surface area contributed by atoms with Crippen LogP contribution in [0.15, 0.2) is 41.9 Å². The summed E-state index contributed by atoms with van der Waals surface area (Å²) in [6.45, 7) is 2.71. The zero-order valence-electron chi connectivity index (χ0n) is 12.5. The van der Waals surface area contributed by atoms with Gasteiger partial charge in [0.1, 0.15) is 23.8 Å². The Morgan fingerprint density at radius 3 is 2.33 bits per heavy atom. The van der Waals surface area contributed by atoms with Crippen LogP contribution in [0.3, 0.4) is 0 Å². The van der Waals surface area contributed by atoms with Crippen molar-refractivity contribution in [3.63, 3.8) is 0 Å². The number of hydrogen-bond acceptors (Lipinski definition) is 6. The van der Waals surface area contributed by atoms with Crippen LogP contribution in [0, 0.1) is 0 Å². The lowest BCUT2D eigenvalue weighted by atomic mass is 10.1. The van der Waals surface area contributed by atoms with E-state index in [4.69, 9.17) is 4.18 Å². The van der Waals surface area contributed by atoms with Crippen LogP contribution in [0.1, 0.15) is 5.56 Å². The largest absolute Gasteiger partial charge is 0.461 e. The molecule has 6 nitrogen and oxygen atoms in total. The van der Waals surface area contributed by atoms with Crippen LogP contribution in [-0.4, -0.2) is 45.7 Å². The summed E-state index contributed by atoms with van der Waals surface area (Å²) in [5, 5.41) is 0. The molecule has 1 aromatic rings. The van der Waals surface area contributed by atoms with Crippen molar-refractivity contribution in [2.45, 2.75) is 6.18 Å². The van der Waals surface area contributed by atoms with E-state index in [-0.39, 0.29) is 11.3 Å². The normalized spacial score (nSPS) is 12.6. The van der Waals surface area contributed by atoms with Gasteiger partial charge in [0, 0.05) is 18.7 Å². The first kappa shape index (κ1) is 19.7. The van der Waals surface area contributed by atoms with Gasteiger partial charge in [0.15, 0.2) is 0 Å². The molecule has 0 aliphatic carbocycles. The molecule has 0 unspecified atom stereocenters. The molecule has 0 radical (unpaired) electrons. The first-order valence-corrected chi connectivity index (χ1v) is 8.02. The van der Waals surface area contributed by atoms with Gasteiger partial charge in [-0.05, 0) is 24.3 Å². The predicted molar refractivity (Wildman–Crippen MR) is 80.5 cm³/mol. The summed E-state index contributed by atoms with van der Waals surface area (Å²) in [5.74, 6) is -1.57. The molecule has 0 atom stereocenters. The maximum absolute atomic E-state index is 12.7. The van der Waals surface area contributed by atoms with Gasteiger partial charge in [-0.2, -0.15) is 21.6 Å². The molecule has 1 aromatic carbocycles. The molecule has 0 spiro atoms. The molecule has 0 fully saturated rings. The fourth-order valence-electron chi connectivity index (χ4n) is 1.58. The molecule has 0 saturated heterocycles. The molecule has 0 aromatic heterocycles. The van der Waals surface area contributed by atoms with E-state index in [0.717, 1.165) is 37.4 Å². The number of esters is 1. The minimum atomic E-state index is -4.63. The molecular formula is C14H14F3NO5S. The average Bonchev–Trinajstić information content (AvgIpc) is 2.47. The highest BCUT2D eigenvalue weighted by atomic mass is 32.2. The van der Waals surface area contributed by atoms with Gasteiger partial charge in [-0.15, -0.1) is 0 Å². The summed E-state index contributed by atoms with van der Waals surface area (Å²) in [6.07, 6.45) is -3.75. The van der Waals surface area contributed by atoms with Crippen molar-refractivity contribution in [1.29, 1.82) is 0 Å². The van der Waals surface area contributed by atoms with E-state index >= 15 is 0 Å². The van der Waals surface area contributed by atoms with Gasteiger partial charge in [0.2, 0.25) is 0 Å². The molecule has 0 N–H and O–H groups in total. The Balaban J connectivity index is 2.76. The van der Waals surface area contributed by atoms with Crippen LogP contribution >= 0.6 is 0 Å². The topological polar surface area (TPSA) is 82.0 Å². The molecule has 10 heteroatoms. The zero-order chi connectivity index (χ0) is 18.4. The summed E-state index contributed by atoms with van der Waals surface area (Å²) < 4.78 is 70.7. The number of alkyl halides is 3. The van der Waals surface area contributed by atoms with Gasteiger partial charge < -0.3 is 8.92 Å². The first-order chi connectivity index (χ1) is 11.1. The summed E-state index contributed by atoms with van der Waals surface area (Å²) in [5.41, 5.74) is -1.32. The molecule has 0 saturated carbocycles. The minimum absolute atomic E-state index is 0.175. The van der Waals surface area contributed by atoms with Crippen LogP contribution in [0.4, 0.5) is 13.2 Å². The van der Waals surface area contributed by atoms with Gasteiger partial charge in [-0.25, -0.2) is 4.79 Å². The molecule has 0 aliphatic rings. The highest BCUT2D eigenvalue weighted by Gasteiger charge is 2.36. The lowest BCUT2D eigenvalue weighted by Crippen LogP contribution is -2.24. The monoisotopic (exact) mass is 365 g/mol. The van der Waals surface area contributed by atoms with E-state index in [1.54, 1.807) is 0 Å². The second-order valence-corrected chi connectivity index (χ2v) is 6.00. The Morgan fingerprint density at radius 2 is 1.88 bits per heavy atom. The maximum atomic E-state index is 12.7. The van der Waals surface area contributed by atoms with Crippen molar-refractivity contribution in [3.8, 4) is 5.75 Å². The summed E-state index contributed by atoms with van der Waals surface area (Å²) in [7, 11) is -3.07. The minimum Gasteiger partial charge on any atom is -0.461 e. The van der Waals surface area contributed by atoms with Crippen LogP contribution < -0.4 is 4.18 Å². The molecular weight excluding hydrogens is 351 g/mol. The van der Waals surface area contributed by atoms with Crippen molar-refractivity contribution in [2.75, 3.05) is 19.4 Å². The highest BCUT2D eigenvalue weighted by Crippen LogP contribution is 2.24. The van der Waals surface area contributed by atoms with E-state index < -0.39 is 40.3 Å². The van der Waals surface area contributed by atoms with E-state index in [9.17, 15) is 26.4 Å². The van der Waals surface area contributed by atoms with Crippen LogP contribution in [0.2, 0.25) is 0 Å². The third kappa shape index (κ3) is 6.03. The number of carbonyl (C=O) groups is 1. The van der Waals surface area contributed by atoms with Gasteiger partial charge >= 0.3 is 22.3 Å². The Labute approximate surface area is 136 Å². The Morgan fingerprint density at radius 1 is 1.29 bits per heavy atom. The Hall–Kier alpha value is -2.36. The number of ether oxygens (including phenoxy) is 1. The summed E-state index contributed by atoms with van der Waals surface area (Å²) in [6, 6.07) is 4.22. The van der Waals surface area contributed by atoms with Crippen molar-refractivity contribution in [2.24, 2.45) is 4.99 Å². The van der Waals surface area contributed by atoms with Crippen molar-refractivity contribution in [3.05, 3.63) is 42.5 Å². The predicted octanol–water partition coefficient (Wildman–Crippen LogP) is 2.11. The SMILES string of the molecule is C=CC(=O)OCCS(=O)(=O)Oc1ccc(/C(=N/C)C(F)(F)F)cc1. The number of benzene rings is 1. The zero-order valence-corrected chi connectivity index (χ0v) is 13.4. The van der Waals surface area contributed by atoms with Crippen molar-refractivity contribution >= 4 is 21.8 Å². The summed E-state index contributed by atoms with van der Waals surface area (Å²) >= 11 is 0. The summed E-state index contributed by atoms with van der Waals surface area (Å²) in [4.78, 5) is 14.0. The van der Waals surface area contributed by atoms with Crippen molar-refractivity contribution < 1.29 is 35.3 Å².